The average molecular weight is 404 g/mol. The van der Waals surface area contributed by atoms with Crippen LogP contribution in [0.1, 0.15) is 11.3 Å². The lowest BCUT2D eigenvalue weighted by Gasteiger charge is -2.08. The molecule has 1 aromatic carbocycles. The van der Waals surface area contributed by atoms with Crippen LogP contribution in [0.5, 0.6) is 0 Å². The number of nitrogens with zero attached hydrogens (tertiary/aromatic N) is 1. The molecule has 0 fully saturated rings. The van der Waals surface area contributed by atoms with Gasteiger partial charge < -0.3 is 0 Å². The highest BCUT2D eigenvalue weighted by Crippen LogP contribution is 2.33. The van der Waals surface area contributed by atoms with Crippen LogP contribution in [-0.4, -0.2) is 12.4 Å². The molecule has 2 aromatic rings. The number of fused-ring (bicyclic) bond motifs is 1. The van der Waals surface area contributed by atoms with Gasteiger partial charge in [-0.05, 0) is 24.3 Å². The van der Waals surface area contributed by atoms with E-state index in [0.29, 0.717) is 10.7 Å². The molecule has 0 saturated carbocycles. The fraction of sp³-hybridized carbons (Fsp3) is 0. The Labute approximate surface area is 140 Å². The average Bonchev–Trinajstić information content (AvgIpc) is 2.87. The van der Waals surface area contributed by atoms with Crippen LogP contribution in [-0.2, 0) is 10.0 Å². The summed E-state index contributed by atoms with van der Waals surface area (Å²) < 4.78 is 27.5. The molecule has 0 N–H and O–H groups in total. The van der Waals surface area contributed by atoms with Crippen molar-refractivity contribution in [1.82, 2.24) is 3.97 Å². The molecular weight excluding hydrogens is 397 g/mol. The van der Waals surface area contributed by atoms with Gasteiger partial charge in [-0.1, -0.05) is 23.2 Å². The molecule has 0 radical (unpaired) electrons. The van der Waals surface area contributed by atoms with Gasteiger partial charge in [0.1, 0.15) is 27.1 Å². The third kappa shape index (κ3) is 2.45. The predicted octanol–water partition coefficient (Wildman–Crippen LogP) is 4.60. The summed E-state index contributed by atoms with van der Waals surface area (Å²) in [6.07, 6.45) is 7.71. The van der Waals surface area contributed by atoms with Crippen molar-refractivity contribution < 1.29 is 8.42 Å². The van der Waals surface area contributed by atoms with E-state index < -0.39 is 10.0 Å². The summed E-state index contributed by atoms with van der Waals surface area (Å²) in [6, 6.07) is 6.06. The first-order chi connectivity index (χ1) is 9.91. The molecule has 1 aromatic heterocycles. The molecule has 0 saturated heterocycles. The van der Waals surface area contributed by atoms with Gasteiger partial charge in [-0.3, -0.25) is 0 Å². The van der Waals surface area contributed by atoms with Crippen LogP contribution in [0.4, 0.5) is 0 Å². The lowest BCUT2D eigenvalue weighted by molar-refractivity contribution is 0.587. The molecule has 1 aliphatic carbocycles. The highest BCUT2D eigenvalue weighted by molar-refractivity contribution is 9.15. The van der Waals surface area contributed by atoms with Crippen LogP contribution < -0.4 is 0 Å². The van der Waals surface area contributed by atoms with Gasteiger partial charge in [0.15, 0.2) is 5.69 Å². The number of rotatable bonds is 2. The zero-order valence-electron chi connectivity index (χ0n) is 10.3. The van der Waals surface area contributed by atoms with Crippen molar-refractivity contribution in [1.29, 1.82) is 0 Å². The van der Waals surface area contributed by atoms with Crippen LogP contribution in [0.25, 0.3) is 10.6 Å². The van der Waals surface area contributed by atoms with Gasteiger partial charge in [0.25, 0.3) is 10.0 Å². The smallest absolute Gasteiger partial charge is 0.200 e. The number of hydrogen-bond acceptors (Lipinski definition) is 2. The number of allylic oxidation sites excluding steroid dienone is 2. The summed E-state index contributed by atoms with van der Waals surface area (Å²) >= 11 is 15.3. The molecular formula is C14H7BrCl2NO2S+. The van der Waals surface area contributed by atoms with Crippen LogP contribution in [0, 0.1) is 6.08 Å². The molecule has 0 atom stereocenters. The summed E-state index contributed by atoms with van der Waals surface area (Å²) in [5.74, 6) is 0. The number of halogens is 3. The van der Waals surface area contributed by atoms with E-state index in [1.807, 2.05) is 0 Å². The standard InChI is InChI=1S/C14H7BrCl2NO2S/c15-11-2-1-3-13-10(11)6-7-18(13)21(19,20)14-8-9(16)4-5-12(14)17/h2-8H/q+1. The third-order valence-electron chi connectivity index (χ3n) is 3.01. The summed E-state index contributed by atoms with van der Waals surface area (Å²) in [5, 5.41) is 0.433. The van der Waals surface area contributed by atoms with E-state index in [4.69, 9.17) is 23.2 Å². The molecule has 1 heterocycles. The van der Waals surface area contributed by atoms with E-state index in [1.165, 1.54) is 22.3 Å². The maximum absolute atomic E-state index is 12.8. The van der Waals surface area contributed by atoms with Crippen molar-refractivity contribution in [3.63, 3.8) is 0 Å². The second-order valence-corrected chi connectivity index (χ2v) is 7.77. The molecule has 0 bridgehead atoms. The fourth-order valence-electron chi connectivity index (χ4n) is 2.03. The van der Waals surface area contributed by atoms with Crippen molar-refractivity contribution in [3.8, 4) is 0 Å². The second-order valence-electron chi connectivity index (χ2n) is 4.29. The van der Waals surface area contributed by atoms with Gasteiger partial charge >= 0.3 is 0 Å². The van der Waals surface area contributed by atoms with Crippen molar-refractivity contribution in [3.05, 3.63) is 63.9 Å². The Balaban J connectivity index is 2.23. The minimum Gasteiger partial charge on any atom is -0.200 e. The van der Waals surface area contributed by atoms with E-state index in [-0.39, 0.29) is 9.92 Å². The Morgan fingerprint density at radius 2 is 1.95 bits per heavy atom. The topological polar surface area (TPSA) is 39.1 Å². The normalized spacial score (nSPS) is 13.6. The minimum atomic E-state index is -3.83. The summed E-state index contributed by atoms with van der Waals surface area (Å²) in [4.78, 5) is -0.0332. The van der Waals surface area contributed by atoms with E-state index in [2.05, 4.69) is 22.0 Å². The Kier molecular flexibility index (Phi) is 3.72. The highest BCUT2D eigenvalue weighted by atomic mass is 79.9. The van der Waals surface area contributed by atoms with Crippen LogP contribution >= 0.6 is 39.1 Å². The minimum absolute atomic E-state index is 0.0332. The zero-order valence-corrected chi connectivity index (χ0v) is 14.3. The van der Waals surface area contributed by atoms with E-state index >= 15 is 0 Å². The van der Waals surface area contributed by atoms with Crippen LogP contribution in [0.15, 0.2) is 41.4 Å². The van der Waals surface area contributed by atoms with E-state index in [1.54, 1.807) is 24.3 Å². The summed E-state index contributed by atoms with van der Waals surface area (Å²) in [6.45, 7) is 0. The monoisotopic (exact) mass is 402 g/mol. The van der Waals surface area contributed by atoms with Gasteiger partial charge in [-0.25, -0.2) is 0 Å². The molecule has 0 spiro atoms. The second kappa shape index (κ2) is 5.27. The van der Waals surface area contributed by atoms with Gasteiger partial charge in [-0.15, -0.1) is 0 Å². The highest BCUT2D eigenvalue weighted by Gasteiger charge is 2.30. The maximum Gasteiger partial charge on any atom is 0.280 e. The van der Waals surface area contributed by atoms with Crippen molar-refractivity contribution in [2.75, 3.05) is 0 Å². The maximum atomic E-state index is 12.8. The number of hydrogen-bond donors (Lipinski definition) is 0. The molecule has 0 aliphatic heterocycles. The van der Waals surface area contributed by atoms with Crippen LogP contribution in [0.3, 0.4) is 0 Å². The number of benzene rings is 1. The van der Waals surface area contributed by atoms with E-state index in [0.717, 1.165) is 10.0 Å². The van der Waals surface area contributed by atoms with Gasteiger partial charge in [0.2, 0.25) is 0 Å². The first-order valence-corrected chi connectivity index (χ1v) is 8.77. The predicted molar refractivity (Wildman–Crippen MR) is 88.1 cm³/mol. The first-order valence-electron chi connectivity index (χ1n) is 5.78. The van der Waals surface area contributed by atoms with E-state index in [9.17, 15) is 8.42 Å². The Morgan fingerprint density at radius 3 is 2.71 bits per heavy atom. The van der Waals surface area contributed by atoms with Gasteiger partial charge in [0, 0.05) is 33.2 Å². The fourth-order valence-corrected chi connectivity index (χ4v) is 4.58. The van der Waals surface area contributed by atoms with Gasteiger partial charge in [-0.2, -0.15) is 12.4 Å². The van der Waals surface area contributed by atoms with Crippen molar-refractivity contribution >= 4 is 59.7 Å². The zero-order chi connectivity index (χ0) is 15.2. The molecule has 1 aliphatic rings. The molecule has 3 rings (SSSR count). The largest absolute Gasteiger partial charge is 0.280 e. The van der Waals surface area contributed by atoms with Gasteiger partial charge in [0.05, 0.1) is 5.02 Å². The third-order valence-corrected chi connectivity index (χ3v) is 6.07. The Bertz CT molecular complexity index is 898. The lowest BCUT2D eigenvalue weighted by atomic mass is 10.1. The molecule has 0 unspecified atom stereocenters. The quantitative estimate of drug-likeness (QED) is 0.687. The first kappa shape index (κ1) is 14.8. The Morgan fingerprint density at radius 1 is 1.19 bits per heavy atom. The summed E-state index contributed by atoms with van der Waals surface area (Å²) in [5.41, 5.74) is 1.29. The van der Waals surface area contributed by atoms with Crippen LogP contribution in [0.2, 0.25) is 10.0 Å². The SMILES string of the molecule is O=S(=O)(c1cc(Cl)ccc1Cl)n1ccc2c1C=[C+]C=C2Br. The summed E-state index contributed by atoms with van der Waals surface area (Å²) in [7, 11) is -3.83. The van der Waals surface area contributed by atoms with Crippen molar-refractivity contribution in [2.45, 2.75) is 4.90 Å². The van der Waals surface area contributed by atoms with Crippen molar-refractivity contribution in [2.24, 2.45) is 0 Å². The molecule has 21 heavy (non-hydrogen) atoms. The molecule has 7 heteroatoms. The Hall–Kier alpha value is -1.10. The molecule has 0 amide bonds. The number of aromatic nitrogens is 1. The molecule has 106 valence electrons. The molecule has 3 nitrogen and oxygen atoms in total. The lowest BCUT2D eigenvalue weighted by Crippen LogP contribution is -2.14.